The van der Waals surface area contributed by atoms with Crippen LogP contribution in [-0.4, -0.2) is 22.8 Å². The zero-order chi connectivity index (χ0) is 22.0. The molecule has 2 aliphatic rings. The van der Waals surface area contributed by atoms with Gasteiger partial charge in [0.25, 0.3) is 0 Å². The van der Waals surface area contributed by atoms with E-state index in [9.17, 15) is 9.59 Å². The maximum absolute atomic E-state index is 13.5. The van der Waals surface area contributed by atoms with Crippen LogP contribution in [0.1, 0.15) is 63.0 Å². The number of carbonyl (C=O) groups is 2. The Balaban J connectivity index is 1.76. The van der Waals surface area contributed by atoms with E-state index in [1.165, 1.54) is 0 Å². The van der Waals surface area contributed by atoms with Crippen molar-refractivity contribution in [2.75, 3.05) is 0 Å². The summed E-state index contributed by atoms with van der Waals surface area (Å²) in [5, 5.41) is 3.39. The second kappa shape index (κ2) is 8.88. The number of pyridine rings is 1. The number of nitrogens with zero attached hydrogens (tertiary/aromatic N) is 1. The molecule has 1 aliphatic heterocycles. The lowest BCUT2D eigenvalue weighted by molar-refractivity contribution is -0.144. The van der Waals surface area contributed by atoms with Gasteiger partial charge in [0.05, 0.1) is 11.7 Å². The number of allylic oxidation sites excluding steroid dienone is 3. The van der Waals surface area contributed by atoms with E-state index in [4.69, 9.17) is 4.74 Å². The Bertz CT molecular complexity index is 1040. The predicted molar refractivity (Wildman–Crippen MR) is 119 cm³/mol. The number of dihydropyridines is 1. The van der Waals surface area contributed by atoms with E-state index in [1.807, 2.05) is 51.1 Å². The molecular formula is C26H28N2O3. The Hall–Kier alpha value is -3.21. The SMILES string of the molecule is CCC(C)OC(=O)C1=C(C)NC2=C(C(=O)CC(c3ccccc3)C2)C1c1cccnc1. The van der Waals surface area contributed by atoms with E-state index in [-0.39, 0.29) is 23.8 Å². The Kier molecular flexibility index (Phi) is 6.03. The van der Waals surface area contributed by atoms with E-state index in [0.29, 0.717) is 17.6 Å². The summed E-state index contributed by atoms with van der Waals surface area (Å²) in [7, 11) is 0. The van der Waals surface area contributed by atoms with Crippen LogP contribution in [0, 0.1) is 0 Å². The van der Waals surface area contributed by atoms with Crippen LogP contribution in [-0.2, 0) is 14.3 Å². The van der Waals surface area contributed by atoms with Crippen LogP contribution in [0.4, 0.5) is 0 Å². The lowest BCUT2D eigenvalue weighted by Gasteiger charge is -2.36. The highest BCUT2D eigenvalue weighted by atomic mass is 16.5. The molecule has 5 heteroatoms. The summed E-state index contributed by atoms with van der Waals surface area (Å²) < 4.78 is 5.68. The minimum atomic E-state index is -0.467. The molecule has 1 N–H and O–H groups in total. The highest BCUT2D eigenvalue weighted by Gasteiger charge is 2.41. The number of Topliss-reactive ketones (excluding diaryl/α,β-unsaturated/α-hetero) is 1. The number of rotatable bonds is 5. The second-order valence-electron chi connectivity index (χ2n) is 8.34. The van der Waals surface area contributed by atoms with Gasteiger partial charge in [-0.1, -0.05) is 43.3 Å². The van der Waals surface area contributed by atoms with Gasteiger partial charge < -0.3 is 10.1 Å². The molecule has 0 fully saturated rings. The van der Waals surface area contributed by atoms with Gasteiger partial charge in [-0.3, -0.25) is 9.78 Å². The van der Waals surface area contributed by atoms with Crippen LogP contribution in [0.2, 0.25) is 0 Å². The molecule has 0 amide bonds. The van der Waals surface area contributed by atoms with Gasteiger partial charge in [0.15, 0.2) is 5.78 Å². The number of esters is 1. The molecule has 1 aromatic heterocycles. The molecule has 3 unspecified atom stereocenters. The Morgan fingerprint density at radius 2 is 1.90 bits per heavy atom. The van der Waals surface area contributed by atoms with E-state index >= 15 is 0 Å². The molecule has 0 bridgehead atoms. The molecule has 0 saturated heterocycles. The topological polar surface area (TPSA) is 68.3 Å². The molecule has 1 aliphatic carbocycles. The van der Waals surface area contributed by atoms with Crippen molar-refractivity contribution < 1.29 is 14.3 Å². The lowest BCUT2D eigenvalue weighted by atomic mass is 9.72. The van der Waals surface area contributed by atoms with Gasteiger partial charge in [0.2, 0.25) is 0 Å². The number of ketones is 1. The van der Waals surface area contributed by atoms with Gasteiger partial charge in [-0.2, -0.15) is 0 Å². The first-order valence-corrected chi connectivity index (χ1v) is 10.9. The third kappa shape index (κ3) is 4.18. The van der Waals surface area contributed by atoms with Crippen molar-refractivity contribution in [1.29, 1.82) is 0 Å². The first kappa shape index (κ1) is 21.0. The standard InChI is InChI=1S/C26H28N2O3/c1-4-16(2)31-26(30)23-17(3)28-21-13-20(18-9-6-5-7-10-18)14-22(29)25(21)24(23)19-11-8-12-27-15-19/h5-12,15-16,20,24,28H,4,13-14H2,1-3H3. The van der Waals surface area contributed by atoms with Crippen LogP contribution in [0.15, 0.2) is 77.4 Å². The van der Waals surface area contributed by atoms with Crippen LogP contribution >= 0.6 is 0 Å². The number of carbonyl (C=O) groups excluding carboxylic acids is 2. The van der Waals surface area contributed by atoms with Crippen LogP contribution in [0.5, 0.6) is 0 Å². The number of aromatic nitrogens is 1. The zero-order valence-corrected chi connectivity index (χ0v) is 18.2. The average molecular weight is 417 g/mol. The molecule has 2 heterocycles. The fourth-order valence-electron chi connectivity index (χ4n) is 4.48. The second-order valence-corrected chi connectivity index (χ2v) is 8.34. The molecule has 3 atom stereocenters. The van der Waals surface area contributed by atoms with Crippen molar-refractivity contribution in [3.05, 3.63) is 88.5 Å². The number of hydrogen-bond acceptors (Lipinski definition) is 5. The summed E-state index contributed by atoms with van der Waals surface area (Å²) in [5.74, 6) is -0.655. The maximum Gasteiger partial charge on any atom is 0.337 e. The van der Waals surface area contributed by atoms with Crippen molar-refractivity contribution in [2.45, 2.75) is 58.0 Å². The van der Waals surface area contributed by atoms with Gasteiger partial charge in [-0.25, -0.2) is 4.79 Å². The molecule has 2 aromatic rings. The largest absolute Gasteiger partial charge is 0.459 e. The van der Waals surface area contributed by atoms with Crippen LogP contribution in [0.3, 0.4) is 0 Å². The molecule has 31 heavy (non-hydrogen) atoms. The summed E-state index contributed by atoms with van der Waals surface area (Å²) in [6, 6.07) is 13.9. The highest BCUT2D eigenvalue weighted by molar-refractivity contribution is 6.04. The third-order valence-electron chi connectivity index (χ3n) is 6.22. The smallest absolute Gasteiger partial charge is 0.337 e. The van der Waals surface area contributed by atoms with Gasteiger partial charge in [0, 0.05) is 41.7 Å². The highest BCUT2D eigenvalue weighted by Crippen LogP contribution is 2.45. The Labute approximate surface area is 183 Å². The minimum Gasteiger partial charge on any atom is -0.459 e. The Morgan fingerprint density at radius 1 is 1.16 bits per heavy atom. The number of benzene rings is 1. The average Bonchev–Trinajstić information content (AvgIpc) is 2.79. The van der Waals surface area contributed by atoms with Crippen molar-refractivity contribution in [3.8, 4) is 0 Å². The van der Waals surface area contributed by atoms with E-state index in [1.54, 1.807) is 12.4 Å². The monoisotopic (exact) mass is 416 g/mol. The van der Waals surface area contributed by atoms with Crippen LogP contribution in [0.25, 0.3) is 0 Å². The van der Waals surface area contributed by atoms with Crippen molar-refractivity contribution >= 4 is 11.8 Å². The summed E-state index contributed by atoms with van der Waals surface area (Å²) in [5.41, 5.74) is 4.80. The fraction of sp³-hybridized carbons (Fsp3) is 0.346. The zero-order valence-electron chi connectivity index (χ0n) is 18.2. The van der Waals surface area contributed by atoms with E-state index < -0.39 is 5.92 Å². The molecular weight excluding hydrogens is 388 g/mol. The van der Waals surface area contributed by atoms with Gasteiger partial charge in [-0.15, -0.1) is 0 Å². The lowest BCUT2D eigenvalue weighted by Crippen LogP contribution is -2.36. The minimum absolute atomic E-state index is 0.0674. The predicted octanol–water partition coefficient (Wildman–Crippen LogP) is 4.78. The first-order chi connectivity index (χ1) is 15.0. The maximum atomic E-state index is 13.5. The molecule has 0 radical (unpaired) electrons. The molecule has 5 nitrogen and oxygen atoms in total. The van der Waals surface area contributed by atoms with E-state index in [2.05, 4.69) is 22.4 Å². The molecule has 0 spiro atoms. The van der Waals surface area contributed by atoms with Gasteiger partial charge in [0.1, 0.15) is 0 Å². The number of hydrogen-bond donors (Lipinski definition) is 1. The molecule has 0 saturated carbocycles. The van der Waals surface area contributed by atoms with Crippen molar-refractivity contribution in [3.63, 3.8) is 0 Å². The summed E-state index contributed by atoms with van der Waals surface area (Å²) in [4.78, 5) is 30.9. The Morgan fingerprint density at radius 3 is 2.58 bits per heavy atom. The van der Waals surface area contributed by atoms with E-state index in [0.717, 1.165) is 35.4 Å². The normalized spacial score (nSPS) is 22.0. The van der Waals surface area contributed by atoms with Crippen molar-refractivity contribution in [1.82, 2.24) is 10.3 Å². The number of ether oxygens (including phenoxy) is 1. The van der Waals surface area contributed by atoms with Crippen LogP contribution < -0.4 is 5.32 Å². The summed E-state index contributed by atoms with van der Waals surface area (Å²) >= 11 is 0. The molecule has 4 rings (SSSR count). The van der Waals surface area contributed by atoms with Crippen molar-refractivity contribution in [2.24, 2.45) is 0 Å². The molecule has 160 valence electrons. The summed E-state index contributed by atoms with van der Waals surface area (Å²) in [6.45, 7) is 5.74. The summed E-state index contributed by atoms with van der Waals surface area (Å²) in [6.07, 6.45) is 5.13. The number of nitrogens with one attached hydrogen (secondary N) is 1. The first-order valence-electron chi connectivity index (χ1n) is 10.9. The fourth-order valence-corrected chi connectivity index (χ4v) is 4.48. The van der Waals surface area contributed by atoms with Gasteiger partial charge >= 0.3 is 5.97 Å². The third-order valence-corrected chi connectivity index (χ3v) is 6.22. The quantitative estimate of drug-likeness (QED) is 0.710. The van der Waals surface area contributed by atoms with Gasteiger partial charge in [-0.05, 0) is 49.8 Å². The molecule has 1 aromatic carbocycles.